The van der Waals surface area contributed by atoms with Crippen molar-refractivity contribution in [2.75, 3.05) is 6.61 Å². The van der Waals surface area contributed by atoms with Crippen molar-refractivity contribution in [1.29, 1.82) is 0 Å². The van der Waals surface area contributed by atoms with Gasteiger partial charge in [-0.05, 0) is 6.92 Å². The van der Waals surface area contributed by atoms with Crippen molar-refractivity contribution < 1.29 is 32.4 Å². The van der Waals surface area contributed by atoms with E-state index < -0.39 is 28.4 Å². The normalized spacial score (nSPS) is 12.1. The second kappa shape index (κ2) is 5.24. The third-order valence-electron chi connectivity index (χ3n) is 1.23. The van der Waals surface area contributed by atoms with Crippen LogP contribution in [0.1, 0.15) is 6.92 Å². The van der Waals surface area contributed by atoms with E-state index in [1.54, 1.807) is 0 Å². The smallest absolute Gasteiger partial charge is 0.455 e. The van der Waals surface area contributed by atoms with Crippen LogP contribution < -0.4 is 0 Å². The van der Waals surface area contributed by atoms with Crippen molar-refractivity contribution in [2.24, 2.45) is 0 Å². The van der Waals surface area contributed by atoms with Crippen LogP contribution in [-0.4, -0.2) is 29.5 Å². The predicted molar refractivity (Wildman–Crippen MR) is 42.8 cm³/mol. The summed E-state index contributed by atoms with van der Waals surface area (Å²) in [5.41, 5.74) is -1.65. The quantitative estimate of drug-likeness (QED) is 0.182. The molecule has 0 saturated heterocycles. The SMILES string of the molecule is CCOC(=O)/C(=C\[N+](=O)[O-])C(=O)C(F)(F)F. The summed E-state index contributed by atoms with van der Waals surface area (Å²) in [4.78, 5) is 30.1. The maximum Gasteiger partial charge on any atom is 0.455 e. The number of halogens is 3. The summed E-state index contributed by atoms with van der Waals surface area (Å²) in [6, 6.07) is 0. The van der Waals surface area contributed by atoms with E-state index in [1.807, 2.05) is 0 Å². The Morgan fingerprint density at radius 1 is 1.44 bits per heavy atom. The zero-order chi connectivity index (χ0) is 12.9. The molecule has 0 radical (unpaired) electrons. The van der Waals surface area contributed by atoms with Crippen LogP contribution >= 0.6 is 0 Å². The number of nitro groups is 1. The van der Waals surface area contributed by atoms with Crippen molar-refractivity contribution >= 4 is 11.8 Å². The molecule has 0 fully saturated rings. The fourth-order valence-corrected chi connectivity index (χ4v) is 0.671. The number of ether oxygens (including phenoxy) is 1. The van der Waals surface area contributed by atoms with Gasteiger partial charge in [0, 0.05) is 0 Å². The van der Waals surface area contributed by atoms with E-state index >= 15 is 0 Å². The fourth-order valence-electron chi connectivity index (χ4n) is 0.671. The Hall–Kier alpha value is -1.93. The minimum absolute atomic E-state index is 0.307. The zero-order valence-electron chi connectivity index (χ0n) is 7.91. The Labute approximate surface area is 86.8 Å². The van der Waals surface area contributed by atoms with Gasteiger partial charge in [-0.3, -0.25) is 14.9 Å². The summed E-state index contributed by atoms with van der Waals surface area (Å²) >= 11 is 0. The van der Waals surface area contributed by atoms with E-state index in [4.69, 9.17) is 0 Å². The van der Waals surface area contributed by atoms with Crippen LogP contribution in [0.15, 0.2) is 11.8 Å². The molecule has 0 aromatic rings. The Bertz CT molecular complexity index is 346. The Morgan fingerprint density at radius 2 is 1.94 bits per heavy atom. The molecule has 0 saturated carbocycles. The molecule has 0 heterocycles. The highest BCUT2D eigenvalue weighted by Gasteiger charge is 2.45. The van der Waals surface area contributed by atoms with E-state index in [9.17, 15) is 32.9 Å². The van der Waals surface area contributed by atoms with Crippen LogP contribution in [0.25, 0.3) is 0 Å². The molecule has 0 aromatic carbocycles. The summed E-state index contributed by atoms with van der Waals surface area (Å²) < 4.78 is 39.9. The number of hydrogen-bond donors (Lipinski definition) is 0. The lowest BCUT2D eigenvalue weighted by molar-refractivity contribution is -0.403. The second-order valence-corrected chi connectivity index (χ2v) is 2.38. The highest BCUT2D eigenvalue weighted by Crippen LogP contribution is 2.21. The second-order valence-electron chi connectivity index (χ2n) is 2.38. The molecule has 0 aliphatic carbocycles. The standard InChI is InChI=1S/C7H6F3NO5/c1-2-16-6(13)4(3-11(14)15)5(12)7(8,9)10/h3H,2H2,1H3/b4-3-. The van der Waals surface area contributed by atoms with Gasteiger partial charge in [-0.1, -0.05) is 0 Å². The molecule has 0 bridgehead atoms. The fraction of sp³-hybridized carbons (Fsp3) is 0.429. The van der Waals surface area contributed by atoms with Gasteiger partial charge in [-0.15, -0.1) is 0 Å². The lowest BCUT2D eigenvalue weighted by Gasteiger charge is -2.06. The molecule has 0 aliphatic rings. The van der Waals surface area contributed by atoms with Crippen molar-refractivity contribution in [1.82, 2.24) is 0 Å². The molecule has 0 unspecified atom stereocenters. The average Bonchev–Trinajstić information content (AvgIpc) is 2.11. The lowest BCUT2D eigenvalue weighted by atomic mass is 10.2. The molecule has 0 atom stereocenters. The van der Waals surface area contributed by atoms with Crippen LogP contribution in [-0.2, 0) is 14.3 Å². The van der Waals surface area contributed by atoms with E-state index in [0.717, 1.165) is 0 Å². The Kier molecular flexibility index (Phi) is 4.60. The first-order valence-electron chi connectivity index (χ1n) is 3.84. The van der Waals surface area contributed by atoms with Gasteiger partial charge >= 0.3 is 12.1 Å². The largest absolute Gasteiger partial charge is 0.462 e. The minimum atomic E-state index is -5.37. The maximum absolute atomic E-state index is 11.9. The first-order chi connectivity index (χ1) is 7.20. The van der Waals surface area contributed by atoms with Crippen LogP contribution in [0.3, 0.4) is 0 Å². The van der Waals surface area contributed by atoms with E-state index in [0.29, 0.717) is 0 Å². The van der Waals surface area contributed by atoms with E-state index in [1.165, 1.54) is 6.92 Å². The molecular weight excluding hydrogens is 235 g/mol. The Balaban J connectivity index is 5.20. The molecule has 0 aromatic heterocycles. The third-order valence-corrected chi connectivity index (χ3v) is 1.23. The summed E-state index contributed by atoms with van der Waals surface area (Å²) in [6.45, 7) is 0.971. The van der Waals surface area contributed by atoms with Crippen molar-refractivity contribution in [3.63, 3.8) is 0 Å². The van der Waals surface area contributed by atoms with Crippen LogP contribution in [0.2, 0.25) is 0 Å². The molecule has 9 heteroatoms. The topological polar surface area (TPSA) is 86.5 Å². The number of nitrogens with zero attached hydrogens (tertiary/aromatic N) is 1. The van der Waals surface area contributed by atoms with Gasteiger partial charge in [0.1, 0.15) is 0 Å². The molecule has 0 N–H and O–H groups in total. The van der Waals surface area contributed by atoms with Gasteiger partial charge in [0.2, 0.25) is 0 Å². The lowest BCUT2D eigenvalue weighted by Crippen LogP contribution is -2.29. The van der Waals surface area contributed by atoms with Gasteiger partial charge < -0.3 is 4.74 Å². The first-order valence-corrected chi connectivity index (χ1v) is 3.84. The average molecular weight is 241 g/mol. The van der Waals surface area contributed by atoms with Crippen molar-refractivity contribution in [3.8, 4) is 0 Å². The number of esters is 1. The molecule has 90 valence electrons. The highest BCUT2D eigenvalue weighted by atomic mass is 19.4. The summed E-state index contributed by atoms with van der Waals surface area (Å²) in [7, 11) is 0. The van der Waals surface area contributed by atoms with Gasteiger partial charge in [0.05, 0.1) is 11.5 Å². The minimum Gasteiger partial charge on any atom is -0.462 e. The molecule has 6 nitrogen and oxygen atoms in total. The molecule has 16 heavy (non-hydrogen) atoms. The first kappa shape index (κ1) is 14.1. The van der Waals surface area contributed by atoms with Gasteiger partial charge in [-0.25, -0.2) is 4.79 Å². The number of Topliss-reactive ketones (excluding diaryl/α,β-unsaturated/α-hetero) is 1. The van der Waals surface area contributed by atoms with E-state index in [2.05, 4.69) is 4.74 Å². The Morgan fingerprint density at radius 3 is 2.25 bits per heavy atom. The predicted octanol–water partition coefficient (Wildman–Crippen LogP) is 0.842. The number of carbonyl (C=O) groups is 2. The van der Waals surface area contributed by atoms with Crippen LogP contribution in [0.5, 0.6) is 0 Å². The maximum atomic E-state index is 11.9. The number of rotatable bonds is 4. The van der Waals surface area contributed by atoms with Crippen molar-refractivity contribution in [3.05, 3.63) is 21.9 Å². The van der Waals surface area contributed by atoms with Crippen LogP contribution in [0.4, 0.5) is 13.2 Å². The number of carbonyl (C=O) groups excluding carboxylic acids is 2. The third kappa shape index (κ3) is 4.07. The number of ketones is 1. The highest BCUT2D eigenvalue weighted by molar-refractivity contribution is 6.19. The summed E-state index contributed by atoms with van der Waals surface area (Å²) in [5, 5.41) is 9.95. The molecule has 0 amide bonds. The monoisotopic (exact) mass is 241 g/mol. The van der Waals surface area contributed by atoms with E-state index in [-0.39, 0.29) is 12.8 Å². The van der Waals surface area contributed by atoms with Gasteiger partial charge in [0.25, 0.3) is 12.0 Å². The molecule has 0 spiro atoms. The molecule has 0 aliphatic heterocycles. The zero-order valence-corrected chi connectivity index (χ0v) is 7.91. The van der Waals surface area contributed by atoms with Gasteiger partial charge in [0.15, 0.2) is 5.57 Å². The summed E-state index contributed by atoms with van der Waals surface area (Å²) in [6.07, 6.45) is -5.69. The number of hydrogen-bond acceptors (Lipinski definition) is 5. The molecular formula is C7H6F3NO5. The van der Waals surface area contributed by atoms with Gasteiger partial charge in [-0.2, -0.15) is 13.2 Å². The van der Waals surface area contributed by atoms with Crippen molar-refractivity contribution in [2.45, 2.75) is 13.1 Å². The number of alkyl halides is 3. The summed E-state index contributed by atoms with van der Waals surface area (Å²) in [5.74, 6) is -4.29. The molecule has 0 rings (SSSR count). The van der Waals surface area contributed by atoms with Crippen LogP contribution in [0, 0.1) is 10.1 Å².